The van der Waals surface area contributed by atoms with Gasteiger partial charge in [0.25, 0.3) is 11.8 Å². The normalized spacial score (nSPS) is 28.5. The molecule has 166 valence electrons. The Kier molecular flexibility index (Phi) is 4.67. The van der Waals surface area contributed by atoms with Gasteiger partial charge in [0.1, 0.15) is 0 Å². The van der Waals surface area contributed by atoms with Crippen molar-refractivity contribution in [2.24, 2.45) is 10.8 Å². The Bertz CT molecular complexity index is 923. The third kappa shape index (κ3) is 2.61. The number of β-lactam (4-membered cyclic amide) rings is 2. The molecule has 2 aliphatic carbocycles. The molecular weight excluding hydrogens is 396 g/mol. The van der Waals surface area contributed by atoms with Crippen LogP contribution in [0.4, 0.5) is 0 Å². The Balaban J connectivity index is 1.43. The molecule has 4 heteroatoms. The van der Waals surface area contributed by atoms with Crippen LogP contribution >= 0.6 is 0 Å². The molecule has 2 saturated heterocycles. The minimum atomic E-state index is -0.337. The van der Waals surface area contributed by atoms with Crippen LogP contribution in [-0.4, -0.2) is 21.8 Å². The Labute approximate surface area is 190 Å². The van der Waals surface area contributed by atoms with E-state index >= 15 is 0 Å². The van der Waals surface area contributed by atoms with Gasteiger partial charge < -0.3 is 0 Å². The fourth-order valence-corrected chi connectivity index (χ4v) is 7.24. The van der Waals surface area contributed by atoms with Crippen molar-refractivity contribution in [2.45, 2.75) is 76.3 Å². The maximum absolute atomic E-state index is 13.9. The smallest absolute Gasteiger partial charge is 0.250 e. The third-order valence-corrected chi connectivity index (χ3v) is 8.76. The van der Waals surface area contributed by atoms with Gasteiger partial charge in [-0.1, -0.05) is 99.2 Å². The average molecular weight is 429 g/mol. The van der Waals surface area contributed by atoms with Crippen LogP contribution in [0.25, 0.3) is 0 Å². The lowest BCUT2D eigenvalue weighted by Gasteiger charge is -2.68. The Morgan fingerprint density at radius 1 is 0.531 bits per heavy atom. The highest BCUT2D eigenvalue weighted by Gasteiger charge is 2.71. The van der Waals surface area contributed by atoms with E-state index in [1.807, 2.05) is 22.2 Å². The number of nitrogens with zero attached hydrogens (tertiary/aromatic N) is 2. The molecule has 4 nitrogen and oxygen atoms in total. The molecule has 4 aliphatic rings. The summed E-state index contributed by atoms with van der Waals surface area (Å²) < 4.78 is 0. The third-order valence-electron chi connectivity index (χ3n) is 8.76. The standard InChI is InChI=1S/C28H32N2O2/c31-25-27(17-9-3-10-18-27)23(21-13-5-1-6-14-21)29(25)30-24(22-15-7-2-8-16-22)28(26(30)32)19-11-4-12-20-28/h1-2,5-8,13-16,23-24H,3-4,9-12,17-20H2/t23-,24-/m1/s1. The summed E-state index contributed by atoms with van der Waals surface area (Å²) in [5, 5.41) is 3.75. The van der Waals surface area contributed by atoms with Crippen LogP contribution in [0.3, 0.4) is 0 Å². The first kappa shape index (κ1) is 20.0. The van der Waals surface area contributed by atoms with Crippen molar-refractivity contribution in [3.8, 4) is 0 Å². The van der Waals surface area contributed by atoms with Crippen molar-refractivity contribution in [2.75, 3.05) is 0 Å². The monoisotopic (exact) mass is 428 g/mol. The van der Waals surface area contributed by atoms with E-state index in [1.165, 1.54) is 24.0 Å². The lowest BCUT2D eigenvalue weighted by Crippen LogP contribution is -2.77. The molecular formula is C28H32N2O2. The molecule has 2 aromatic carbocycles. The number of amides is 2. The van der Waals surface area contributed by atoms with Crippen LogP contribution in [-0.2, 0) is 9.59 Å². The van der Waals surface area contributed by atoms with E-state index in [0.717, 1.165) is 51.4 Å². The summed E-state index contributed by atoms with van der Waals surface area (Å²) in [7, 11) is 0. The van der Waals surface area contributed by atoms with Crippen molar-refractivity contribution in [1.29, 1.82) is 0 Å². The van der Waals surface area contributed by atoms with Crippen LogP contribution in [0.1, 0.15) is 87.4 Å². The SMILES string of the molecule is O=C1N(N2C(=O)C3(CCCCC3)[C@H]2c2ccccc2)[C@H](c2ccccc2)C12CCCCC2. The summed E-state index contributed by atoms with van der Waals surface area (Å²) in [5.41, 5.74) is 1.66. The predicted molar refractivity (Wildman–Crippen MR) is 123 cm³/mol. The largest absolute Gasteiger partial charge is 0.272 e. The van der Waals surface area contributed by atoms with Crippen LogP contribution < -0.4 is 0 Å². The minimum Gasteiger partial charge on any atom is -0.272 e. The average Bonchev–Trinajstić information content (AvgIpc) is 2.87. The molecule has 2 atom stereocenters. The van der Waals surface area contributed by atoms with Gasteiger partial charge in [-0.25, -0.2) is 10.0 Å². The van der Waals surface area contributed by atoms with Crippen molar-refractivity contribution in [1.82, 2.24) is 10.0 Å². The summed E-state index contributed by atoms with van der Waals surface area (Å²) in [6, 6.07) is 20.8. The Morgan fingerprint density at radius 2 is 0.875 bits per heavy atom. The molecule has 0 bridgehead atoms. The number of carbonyl (C=O) groups excluding carboxylic acids is 2. The first-order chi connectivity index (χ1) is 15.7. The highest BCUT2D eigenvalue weighted by molar-refractivity contribution is 5.97. The fourth-order valence-electron chi connectivity index (χ4n) is 7.24. The molecule has 2 spiro atoms. The summed E-state index contributed by atoms with van der Waals surface area (Å²) in [6.07, 6.45) is 10.5. The lowest BCUT2D eigenvalue weighted by atomic mass is 9.58. The van der Waals surface area contributed by atoms with Gasteiger partial charge in [-0.05, 0) is 36.8 Å². The van der Waals surface area contributed by atoms with Crippen molar-refractivity contribution >= 4 is 11.8 Å². The first-order valence-electron chi connectivity index (χ1n) is 12.5. The number of hydrogen-bond donors (Lipinski definition) is 0. The highest BCUT2D eigenvalue weighted by atomic mass is 16.2. The van der Waals surface area contributed by atoms with E-state index in [0.29, 0.717) is 0 Å². The molecule has 6 rings (SSSR count). The molecule has 0 radical (unpaired) electrons. The summed E-state index contributed by atoms with van der Waals surface area (Å²) in [5.74, 6) is 0.344. The van der Waals surface area contributed by atoms with Crippen LogP contribution in [0.5, 0.6) is 0 Å². The quantitative estimate of drug-likeness (QED) is 0.565. The van der Waals surface area contributed by atoms with Crippen molar-refractivity contribution < 1.29 is 9.59 Å². The van der Waals surface area contributed by atoms with Gasteiger partial charge in [-0.15, -0.1) is 0 Å². The fraction of sp³-hybridized carbons (Fsp3) is 0.500. The molecule has 0 unspecified atom stereocenters. The van der Waals surface area contributed by atoms with Crippen molar-refractivity contribution in [3.63, 3.8) is 0 Å². The van der Waals surface area contributed by atoms with Crippen LogP contribution in [0, 0.1) is 10.8 Å². The molecule has 2 amide bonds. The first-order valence-corrected chi connectivity index (χ1v) is 12.5. The number of carbonyl (C=O) groups is 2. The van der Waals surface area contributed by atoms with Gasteiger partial charge in [0, 0.05) is 0 Å². The van der Waals surface area contributed by atoms with Crippen LogP contribution in [0.15, 0.2) is 60.7 Å². The van der Waals surface area contributed by atoms with Gasteiger partial charge in [0.05, 0.1) is 22.9 Å². The molecule has 0 aromatic heterocycles. The molecule has 2 aliphatic heterocycles. The maximum atomic E-state index is 13.9. The number of hydrazine groups is 1. The van der Waals surface area contributed by atoms with Gasteiger partial charge in [-0.3, -0.25) is 9.59 Å². The van der Waals surface area contributed by atoms with E-state index < -0.39 is 0 Å². The van der Waals surface area contributed by atoms with E-state index in [4.69, 9.17) is 0 Å². The summed E-state index contributed by atoms with van der Waals surface area (Å²) in [6.45, 7) is 0. The number of benzene rings is 2. The van der Waals surface area contributed by atoms with E-state index in [-0.39, 0.29) is 34.7 Å². The predicted octanol–water partition coefficient (Wildman–Crippen LogP) is 5.97. The van der Waals surface area contributed by atoms with E-state index in [9.17, 15) is 9.59 Å². The number of hydrogen-bond acceptors (Lipinski definition) is 2. The Morgan fingerprint density at radius 3 is 1.22 bits per heavy atom. The minimum absolute atomic E-state index is 0.0346. The van der Waals surface area contributed by atoms with E-state index in [2.05, 4.69) is 48.5 Å². The second kappa shape index (κ2) is 7.47. The maximum Gasteiger partial charge on any atom is 0.250 e. The molecule has 4 fully saturated rings. The lowest BCUT2D eigenvalue weighted by molar-refractivity contribution is -0.264. The zero-order chi connectivity index (χ0) is 21.8. The van der Waals surface area contributed by atoms with E-state index in [1.54, 1.807) is 0 Å². The topological polar surface area (TPSA) is 40.6 Å². The van der Waals surface area contributed by atoms with Gasteiger partial charge in [0.2, 0.25) is 0 Å². The molecule has 2 heterocycles. The Hall–Kier alpha value is -2.62. The molecule has 2 aromatic rings. The van der Waals surface area contributed by atoms with Crippen LogP contribution in [0.2, 0.25) is 0 Å². The summed E-state index contributed by atoms with van der Waals surface area (Å²) in [4.78, 5) is 27.8. The zero-order valence-corrected chi connectivity index (χ0v) is 18.7. The molecule has 2 saturated carbocycles. The second-order valence-electron chi connectivity index (χ2n) is 10.4. The molecule has 32 heavy (non-hydrogen) atoms. The second-order valence-corrected chi connectivity index (χ2v) is 10.4. The summed E-state index contributed by atoms with van der Waals surface area (Å²) >= 11 is 0. The van der Waals surface area contributed by atoms with Gasteiger partial charge >= 0.3 is 0 Å². The highest BCUT2D eigenvalue weighted by Crippen LogP contribution is 2.65. The number of rotatable bonds is 3. The molecule has 0 N–H and O–H groups in total. The van der Waals surface area contributed by atoms with Gasteiger partial charge in [-0.2, -0.15) is 0 Å². The zero-order valence-electron chi connectivity index (χ0n) is 18.7. The van der Waals surface area contributed by atoms with Gasteiger partial charge in [0.15, 0.2) is 0 Å². The van der Waals surface area contributed by atoms with Crippen molar-refractivity contribution in [3.05, 3.63) is 71.8 Å².